The highest BCUT2D eigenvalue weighted by Crippen LogP contribution is 2.12. The number of nitriles is 1. The minimum atomic E-state index is 0.507. The topological polar surface area (TPSA) is 45.9 Å². The molecule has 0 N–H and O–H groups in total. The van der Waals surface area contributed by atoms with E-state index in [1.165, 1.54) is 0 Å². The number of aryl methyl sites for hydroxylation is 1. The normalized spacial score (nSPS) is 9.40. The summed E-state index contributed by atoms with van der Waals surface area (Å²) in [5.74, 6) is 0.507. The van der Waals surface area contributed by atoms with Crippen LogP contribution in [0.2, 0.25) is 0 Å². The van der Waals surface area contributed by atoms with E-state index in [4.69, 9.17) is 10.00 Å². The predicted octanol–water partition coefficient (Wildman–Crippen LogP) is 2.61. The van der Waals surface area contributed by atoms with Gasteiger partial charge in [0.15, 0.2) is 0 Å². The Balaban J connectivity index is 2.65. The SMILES string of the molecule is C=C(C)CCOc1cc(C#N)cc(C)n1. The molecule has 1 aromatic rings. The van der Waals surface area contributed by atoms with Crippen molar-refractivity contribution in [3.63, 3.8) is 0 Å². The van der Waals surface area contributed by atoms with Crippen molar-refractivity contribution in [2.45, 2.75) is 20.3 Å². The Labute approximate surface area is 90.0 Å². The van der Waals surface area contributed by atoms with Gasteiger partial charge in [0, 0.05) is 18.2 Å². The Hall–Kier alpha value is -1.82. The highest BCUT2D eigenvalue weighted by atomic mass is 16.5. The van der Waals surface area contributed by atoms with Crippen LogP contribution in [0.25, 0.3) is 0 Å². The molecule has 3 nitrogen and oxygen atoms in total. The van der Waals surface area contributed by atoms with Gasteiger partial charge < -0.3 is 4.74 Å². The van der Waals surface area contributed by atoms with Crippen LogP contribution in [0.15, 0.2) is 24.3 Å². The van der Waals surface area contributed by atoms with E-state index in [2.05, 4.69) is 17.6 Å². The molecule has 78 valence electrons. The fourth-order valence-electron chi connectivity index (χ4n) is 1.11. The van der Waals surface area contributed by atoms with Crippen LogP contribution in [0.4, 0.5) is 0 Å². The Kier molecular flexibility index (Phi) is 3.87. The number of nitrogens with zero attached hydrogens (tertiary/aromatic N) is 2. The van der Waals surface area contributed by atoms with Gasteiger partial charge in [0.1, 0.15) is 0 Å². The van der Waals surface area contributed by atoms with E-state index in [9.17, 15) is 0 Å². The second kappa shape index (κ2) is 5.16. The number of hydrogen-bond donors (Lipinski definition) is 0. The van der Waals surface area contributed by atoms with Crippen LogP contribution in [0.1, 0.15) is 24.6 Å². The minimum absolute atomic E-state index is 0.507. The van der Waals surface area contributed by atoms with Gasteiger partial charge in [-0.05, 0) is 19.9 Å². The lowest BCUT2D eigenvalue weighted by Gasteiger charge is -2.05. The summed E-state index contributed by atoms with van der Waals surface area (Å²) in [4.78, 5) is 4.18. The largest absolute Gasteiger partial charge is 0.477 e. The molecule has 1 aromatic heterocycles. The van der Waals surface area contributed by atoms with Gasteiger partial charge in [-0.2, -0.15) is 5.26 Å². The molecule has 0 amide bonds. The molecule has 1 heterocycles. The Bertz CT molecular complexity index is 405. The smallest absolute Gasteiger partial charge is 0.214 e. The molecule has 0 atom stereocenters. The molecule has 0 fully saturated rings. The third-order valence-electron chi connectivity index (χ3n) is 1.84. The molecule has 0 aliphatic rings. The summed E-state index contributed by atoms with van der Waals surface area (Å²) in [6, 6.07) is 5.44. The first-order chi connectivity index (χ1) is 7.11. The fourth-order valence-corrected chi connectivity index (χ4v) is 1.11. The van der Waals surface area contributed by atoms with E-state index in [1.54, 1.807) is 12.1 Å². The van der Waals surface area contributed by atoms with Gasteiger partial charge in [0.25, 0.3) is 0 Å². The first-order valence-corrected chi connectivity index (χ1v) is 4.78. The van der Waals surface area contributed by atoms with Crippen molar-refractivity contribution < 1.29 is 4.74 Å². The molecule has 0 spiro atoms. The van der Waals surface area contributed by atoms with Gasteiger partial charge in [-0.1, -0.05) is 5.57 Å². The summed E-state index contributed by atoms with van der Waals surface area (Å²) < 4.78 is 5.42. The molecule has 0 saturated carbocycles. The van der Waals surface area contributed by atoms with Gasteiger partial charge in [0.05, 0.1) is 18.2 Å². The quantitative estimate of drug-likeness (QED) is 0.705. The van der Waals surface area contributed by atoms with Crippen molar-refractivity contribution in [2.75, 3.05) is 6.61 Å². The Morgan fingerprint density at radius 3 is 2.93 bits per heavy atom. The van der Waals surface area contributed by atoms with Crippen LogP contribution in [0, 0.1) is 18.3 Å². The van der Waals surface area contributed by atoms with Gasteiger partial charge in [-0.3, -0.25) is 0 Å². The predicted molar refractivity (Wildman–Crippen MR) is 58.6 cm³/mol. The van der Waals surface area contributed by atoms with Gasteiger partial charge in [-0.25, -0.2) is 4.98 Å². The molecule has 0 bridgehead atoms. The summed E-state index contributed by atoms with van der Waals surface area (Å²) >= 11 is 0. The average molecular weight is 202 g/mol. The maximum Gasteiger partial charge on any atom is 0.214 e. The Morgan fingerprint density at radius 1 is 1.60 bits per heavy atom. The zero-order chi connectivity index (χ0) is 11.3. The van der Waals surface area contributed by atoms with Crippen LogP contribution in [0.5, 0.6) is 5.88 Å². The maximum atomic E-state index is 8.75. The molecular weight excluding hydrogens is 188 g/mol. The van der Waals surface area contributed by atoms with Crippen LogP contribution in [-0.4, -0.2) is 11.6 Å². The van der Waals surface area contributed by atoms with Crippen LogP contribution in [-0.2, 0) is 0 Å². The molecular formula is C12H14N2O. The molecule has 0 aromatic carbocycles. The van der Waals surface area contributed by atoms with Gasteiger partial charge in [-0.15, -0.1) is 6.58 Å². The zero-order valence-electron chi connectivity index (χ0n) is 9.08. The number of aromatic nitrogens is 1. The standard InChI is InChI=1S/C12H14N2O/c1-9(2)4-5-15-12-7-11(8-13)6-10(3)14-12/h6-7H,1,4-5H2,2-3H3. The van der Waals surface area contributed by atoms with E-state index in [0.29, 0.717) is 18.1 Å². The van der Waals surface area contributed by atoms with Crippen molar-refractivity contribution in [1.29, 1.82) is 5.26 Å². The van der Waals surface area contributed by atoms with Crippen molar-refractivity contribution in [1.82, 2.24) is 4.98 Å². The third-order valence-corrected chi connectivity index (χ3v) is 1.84. The van der Waals surface area contributed by atoms with E-state index in [-0.39, 0.29) is 0 Å². The zero-order valence-corrected chi connectivity index (χ0v) is 9.08. The number of ether oxygens (including phenoxy) is 1. The number of pyridine rings is 1. The summed E-state index contributed by atoms with van der Waals surface area (Å²) in [5, 5.41) is 8.75. The first-order valence-electron chi connectivity index (χ1n) is 4.78. The van der Waals surface area contributed by atoms with Crippen molar-refractivity contribution in [2.24, 2.45) is 0 Å². The summed E-state index contributed by atoms with van der Waals surface area (Å²) in [6.07, 6.45) is 0.803. The number of rotatable bonds is 4. The average Bonchev–Trinajstić information content (AvgIpc) is 2.16. The maximum absolute atomic E-state index is 8.75. The molecule has 0 unspecified atom stereocenters. The molecule has 1 rings (SSSR count). The second-order valence-electron chi connectivity index (χ2n) is 3.50. The molecule has 0 radical (unpaired) electrons. The van der Waals surface area contributed by atoms with E-state index < -0.39 is 0 Å². The minimum Gasteiger partial charge on any atom is -0.477 e. The fraction of sp³-hybridized carbons (Fsp3) is 0.333. The molecule has 0 aliphatic carbocycles. The van der Waals surface area contributed by atoms with Crippen molar-refractivity contribution >= 4 is 0 Å². The highest BCUT2D eigenvalue weighted by molar-refractivity contribution is 5.34. The first kappa shape index (κ1) is 11.3. The van der Waals surface area contributed by atoms with Crippen molar-refractivity contribution in [3.05, 3.63) is 35.5 Å². The summed E-state index contributed by atoms with van der Waals surface area (Å²) in [6.45, 7) is 8.13. The summed E-state index contributed by atoms with van der Waals surface area (Å²) in [5.41, 5.74) is 2.44. The molecule has 0 aliphatic heterocycles. The van der Waals surface area contributed by atoms with Crippen molar-refractivity contribution in [3.8, 4) is 11.9 Å². The van der Waals surface area contributed by atoms with Crippen LogP contribution < -0.4 is 4.74 Å². The summed E-state index contributed by atoms with van der Waals surface area (Å²) in [7, 11) is 0. The Morgan fingerprint density at radius 2 is 2.33 bits per heavy atom. The number of hydrogen-bond acceptors (Lipinski definition) is 3. The lowest BCUT2D eigenvalue weighted by atomic mass is 10.2. The molecule has 0 saturated heterocycles. The lowest BCUT2D eigenvalue weighted by Crippen LogP contribution is -2.00. The monoisotopic (exact) mass is 202 g/mol. The van der Waals surface area contributed by atoms with E-state index >= 15 is 0 Å². The van der Waals surface area contributed by atoms with E-state index in [0.717, 1.165) is 17.7 Å². The van der Waals surface area contributed by atoms with Crippen LogP contribution >= 0.6 is 0 Å². The molecule has 3 heteroatoms. The van der Waals surface area contributed by atoms with Crippen LogP contribution in [0.3, 0.4) is 0 Å². The lowest BCUT2D eigenvalue weighted by molar-refractivity contribution is 0.308. The van der Waals surface area contributed by atoms with Gasteiger partial charge in [0.2, 0.25) is 5.88 Å². The third kappa shape index (κ3) is 3.82. The van der Waals surface area contributed by atoms with Gasteiger partial charge >= 0.3 is 0 Å². The van der Waals surface area contributed by atoms with E-state index in [1.807, 2.05) is 13.8 Å². The second-order valence-corrected chi connectivity index (χ2v) is 3.50. The highest BCUT2D eigenvalue weighted by Gasteiger charge is 2.00. The molecule has 15 heavy (non-hydrogen) atoms.